The second-order valence-corrected chi connectivity index (χ2v) is 7.86. The van der Waals surface area contributed by atoms with Gasteiger partial charge in [-0.25, -0.2) is 20.2 Å². The zero-order valence-corrected chi connectivity index (χ0v) is 15.8. The van der Waals surface area contributed by atoms with Crippen LogP contribution in [0.3, 0.4) is 0 Å². The van der Waals surface area contributed by atoms with E-state index in [1.807, 2.05) is 6.07 Å². The summed E-state index contributed by atoms with van der Waals surface area (Å²) in [4.78, 5) is 21.1. The molecule has 3 atom stereocenters. The highest BCUT2D eigenvalue weighted by Gasteiger charge is 2.34. The van der Waals surface area contributed by atoms with Gasteiger partial charge in [-0.3, -0.25) is 4.79 Å². The molecule has 1 aromatic carbocycles. The molecule has 0 radical (unpaired) electrons. The van der Waals surface area contributed by atoms with Gasteiger partial charge < -0.3 is 10.3 Å². The molecule has 0 bridgehead atoms. The number of aromatic nitrogens is 2. The lowest BCUT2D eigenvalue weighted by molar-refractivity contribution is -0.122. The maximum absolute atomic E-state index is 13.2. The number of benzene rings is 1. The van der Waals surface area contributed by atoms with Crippen molar-refractivity contribution in [1.82, 2.24) is 26.1 Å². The number of carbonyl (C=O) groups excluding carboxylic acids is 1. The zero-order chi connectivity index (χ0) is 18.8. The Morgan fingerprint density at radius 3 is 3.04 bits per heavy atom. The number of hydrazine groups is 1. The van der Waals surface area contributed by atoms with Crippen molar-refractivity contribution in [2.75, 3.05) is 0 Å². The number of amides is 1. The molecule has 4 N–H and O–H groups in total. The highest BCUT2D eigenvalue weighted by Crippen LogP contribution is 2.30. The highest BCUT2D eigenvalue weighted by atomic mass is 32.1. The molecule has 3 aromatic rings. The summed E-state index contributed by atoms with van der Waals surface area (Å²) in [5.74, 6) is 0.743. The second kappa shape index (κ2) is 7.75. The van der Waals surface area contributed by atoms with Crippen LogP contribution in [0.2, 0.25) is 0 Å². The Morgan fingerprint density at radius 2 is 2.22 bits per heavy atom. The number of hydrogen-bond donors (Lipinski definition) is 4. The Morgan fingerprint density at radius 1 is 1.33 bits per heavy atom. The number of halogens is 1. The quantitative estimate of drug-likeness (QED) is 0.524. The first kappa shape index (κ1) is 18.1. The summed E-state index contributed by atoms with van der Waals surface area (Å²) in [6.45, 7) is 2.12. The van der Waals surface area contributed by atoms with E-state index < -0.39 is 0 Å². The fourth-order valence-corrected chi connectivity index (χ4v) is 4.31. The van der Waals surface area contributed by atoms with Gasteiger partial charge in [-0.05, 0) is 36.1 Å². The third-order valence-electron chi connectivity index (χ3n) is 4.92. The summed E-state index contributed by atoms with van der Waals surface area (Å²) in [5.41, 5.74) is 7.87. The van der Waals surface area contributed by atoms with E-state index >= 15 is 0 Å². The van der Waals surface area contributed by atoms with E-state index in [9.17, 15) is 9.18 Å². The van der Waals surface area contributed by atoms with Gasteiger partial charge >= 0.3 is 0 Å². The highest BCUT2D eigenvalue weighted by molar-refractivity contribution is 7.10. The minimum atomic E-state index is -0.287. The number of aromatic amines is 1. The van der Waals surface area contributed by atoms with Crippen LogP contribution in [0.5, 0.6) is 0 Å². The lowest BCUT2D eigenvalue weighted by atomic mass is 10.00. The molecule has 8 heteroatoms. The Kier molecular flexibility index (Phi) is 5.20. The molecule has 3 unspecified atom stereocenters. The SMILES string of the molecule is CC1C(NC(=O)CCCc2nc3ccc(F)cc3[nH]2)NNC1c1cccs1. The van der Waals surface area contributed by atoms with E-state index in [-0.39, 0.29) is 29.8 Å². The van der Waals surface area contributed by atoms with Crippen molar-refractivity contribution in [3.63, 3.8) is 0 Å². The first-order valence-corrected chi connectivity index (χ1v) is 9.96. The summed E-state index contributed by atoms with van der Waals surface area (Å²) in [6.07, 6.45) is 1.64. The molecule has 0 saturated carbocycles. The third kappa shape index (κ3) is 4.02. The number of aryl methyl sites for hydroxylation is 1. The summed E-state index contributed by atoms with van der Waals surface area (Å²) in [5, 5.41) is 5.11. The van der Waals surface area contributed by atoms with Crippen molar-refractivity contribution < 1.29 is 9.18 Å². The normalized spacial score (nSPS) is 22.4. The molecule has 2 aromatic heterocycles. The minimum Gasteiger partial charge on any atom is -0.342 e. The number of imidazole rings is 1. The maximum Gasteiger partial charge on any atom is 0.221 e. The van der Waals surface area contributed by atoms with Crippen LogP contribution in [-0.2, 0) is 11.2 Å². The molecule has 0 spiro atoms. The zero-order valence-electron chi connectivity index (χ0n) is 15.0. The molecule has 1 fully saturated rings. The topological polar surface area (TPSA) is 81.8 Å². The first-order chi connectivity index (χ1) is 13.1. The van der Waals surface area contributed by atoms with Crippen LogP contribution in [0.1, 0.15) is 36.5 Å². The summed E-state index contributed by atoms with van der Waals surface area (Å²) in [7, 11) is 0. The first-order valence-electron chi connectivity index (χ1n) is 9.08. The van der Waals surface area contributed by atoms with E-state index in [2.05, 4.69) is 44.5 Å². The van der Waals surface area contributed by atoms with E-state index in [4.69, 9.17) is 0 Å². The van der Waals surface area contributed by atoms with Crippen molar-refractivity contribution in [3.05, 3.63) is 52.2 Å². The number of hydrogen-bond acceptors (Lipinski definition) is 5. The molecule has 27 heavy (non-hydrogen) atoms. The van der Waals surface area contributed by atoms with Crippen molar-refractivity contribution >= 4 is 28.3 Å². The van der Waals surface area contributed by atoms with Gasteiger partial charge in [0, 0.05) is 23.6 Å². The average molecular weight is 387 g/mol. The molecule has 6 nitrogen and oxygen atoms in total. The molecule has 4 rings (SSSR count). The molecule has 1 aliphatic heterocycles. The van der Waals surface area contributed by atoms with Gasteiger partial charge in [0.05, 0.1) is 23.2 Å². The summed E-state index contributed by atoms with van der Waals surface area (Å²) >= 11 is 1.71. The number of nitrogens with zero attached hydrogens (tertiary/aromatic N) is 1. The third-order valence-corrected chi connectivity index (χ3v) is 5.88. The number of rotatable bonds is 6. The van der Waals surface area contributed by atoms with Gasteiger partial charge in [-0.1, -0.05) is 13.0 Å². The Labute approximate surface area is 160 Å². The van der Waals surface area contributed by atoms with E-state index in [1.165, 1.54) is 17.0 Å². The Balaban J connectivity index is 1.26. The predicted octanol–water partition coefficient (Wildman–Crippen LogP) is 3.01. The van der Waals surface area contributed by atoms with Gasteiger partial charge in [0.15, 0.2) is 0 Å². The number of H-pyrrole nitrogens is 1. The fourth-order valence-electron chi connectivity index (χ4n) is 3.42. The van der Waals surface area contributed by atoms with Crippen LogP contribution >= 0.6 is 11.3 Å². The Hall–Kier alpha value is -2.29. The van der Waals surface area contributed by atoms with Gasteiger partial charge in [0.1, 0.15) is 11.6 Å². The lowest BCUT2D eigenvalue weighted by Crippen LogP contribution is -2.46. The molecule has 1 amide bonds. The number of thiophene rings is 1. The largest absolute Gasteiger partial charge is 0.342 e. The van der Waals surface area contributed by atoms with Crippen LogP contribution in [0.4, 0.5) is 4.39 Å². The van der Waals surface area contributed by atoms with Crippen molar-refractivity contribution in [2.45, 2.75) is 38.4 Å². The second-order valence-electron chi connectivity index (χ2n) is 6.88. The van der Waals surface area contributed by atoms with E-state index in [0.29, 0.717) is 24.8 Å². The fraction of sp³-hybridized carbons (Fsp3) is 0.368. The van der Waals surface area contributed by atoms with Gasteiger partial charge in [0.25, 0.3) is 0 Å². The minimum absolute atomic E-state index is 0.00938. The number of carbonyl (C=O) groups is 1. The number of fused-ring (bicyclic) bond motifs is 1. The van der Waals surface area contributed by atoms with Crippen LogP contribution in [0.15, 0.2) is 35.7 Å². The van der Waals surface area contributed by atoms with Gasteiger partial charge in [-0.15, -0.1) is 11.3 Å². The van der Waals surface area contributed by atoms with Crippen molar-refractivity contribution in [3.8, 4) is 0 Å². The molecular formula is C19H22FN5OS. The summed E-state index contributed by atoms with van der Waals surface area (Å²) < 4.78 is 13.2. The molecule has 142 valence electrons. The van der Waals surface area contributed by atoms with E-state index in [1.54, 1.807) is 17.4 Å². The molecule has 0 aliphatic carbocycles. The Bertz CT molecular complexity index is 925. The smallest absolute Gasteiger partial charge is 0.221 e. The molecule has 1 saturated heterocycles. The average Bonchev–Trinajstić information content (AvgIpc) is 3.36. The maximum atomic E-state index is 13.2. The summed E-state index contributed by atoms with van der Waals surface area (Å²) in [6, 6.07) is 8.82. The number of nitrogens with one attached hydrogen (secondary N) is 4. The van der Waals surface area contributed by atoms with Crippen LogP contribution < -0.4 is 16.2 Å². The standard InChI is InChI=1S/C19H22FN5OS/c1-11-18(15-4-3-9-27-15)24-25-19(11)23-17(26)6-2-5-16-21-13-8-7-12(20)10-14(13)22-16/h3-4,7-11,18-19,24-25H,2,5-6H2,1H3,(H,21,22)(H,23,26). The van der Waals surface area contributed by atoms with Gasteiger partial charge in [0.2, 0.25) is 5.91 Å². The molecular weight excluding hydrogens is 365 g/mol. The van der Waals surface area contributed by atoms with Crippen molar-refractivity contribution in [2.24, 2.45) is 5.92 Å². The monoisotopic (exact) mass is 387 g/mol. The van der Waals surface area contributed by atoms with Gasteiger partial charge in [-0.2, -0.15) is 0 Å². The molecule has 1 aliphatic rings. The van der Waals surface area contributed by atoms with Crippen molar-refractivity contribution in [1.29, 1.82) is 0 Å². The predicted molar refractivity (Wildman–Crippen MR) is 103 cm³/mol. The lowest BCUT2D eigenvalue weighted by Gasteiger charge is -2.19. The van der Waals surface area contributed by atoms with Crippen LogP contribution in [0, 0.1) is 11.7 Å². The van der Waals surface area contributed by atoms with Crippen LogP contribution in [-0.4, -0.2) is 22.0 Å². The van der Waals surface area contributed by atoms with Crippen LogP contribution in [0.25, 0.3) is 11.0 Å². The van der Waals surface area contributed by atoms with E-state index in [0.717, 1.165) is 11.3 Å². The molecule has 3 heterocycles.